The summed E-state index contributed by atoms with van der Waals surface area (Å²) in [6.07, 6.45) is 4.29. The normalized spacial score (nSPS) is 13.8. The van der Waals surface area contributed by atoms with E-state index in [1.54, 1.807) is 0 Å². The van der Waals surface area contributed by atoms with Crippen molar-refractivity contribution in [1.82, 2.24) is 9.55 Å². The van der Waals surface area contributed by atoms with Gasteiger partial charge in [0.1, 0.15) is 17.3 Å². The molecule has 5 heteroatoms. The van der Waals surface area contributed by atoms with Gasteiger partial charge in [-0.15, -0.1) is 0 Å². The molecule has 1 aliphatic rings. The van der Waals surface area contributed by atoms with Crippen LogP contribution in [0.25, 0.3) is 38.8 Å². The Labute approximate surface area is 380 Å². The second-order valence-corrected chi connectivity index (χ2v) is 21.2. The first-order valence-corrected chi connectivity index (χ1v) is 22.7. The molecule has 324 valence electrons. The molecule has 0 saturated carbocycles. The number of aromatic nitrogens is 2. The Morgan fingerprint density at radius 1 is 0.469 bits per heavy atom. The lowest BCUT2D eigenvalue weighted by Crippen LogP contribution is -2.34. The third-order valence-corrected chi connectivity index (χ3v) is 13.0. The summed E-state index contributed by atoms with van der Waals surface area (Å²) in [4.78, 5) is 9.84. The topological polar surface area (TPSA) is 33.5 Å². The molecular formula is C59H62N4O. The van der Waals surface area contributed by atoms with Gasteiger partial charge in [0.05, 0.1) is 17.7 Å². The molecule has 0 spiro atoms. The lowest BCUT2D eigenvalue weighted by atomic mass is 9.81. The molecule has 0 N–H and O–H groups in total. The Morgan fingerprint density at radius 2 is 1.12 bits per heavy atom. The fourth-order valence-corrected chi connectivity index (χ4v) is 9.03. The molecule has 5 nitrogen and oxygen atoms in total. The summed E-state index contributed by atoms with van der Waals surface area (Å²) < 4.78 is 9.33. The molecule has 0 bridgehead atoms. The molecule has 3 heterocycles. The summed E-state index contributed by atoms with van der Waals surface area (Å²) in [6.45, 7) is 25.8. The van der Waals surface area contributed by atoms with E-state index < -0.39 is 0 Å². The minimum Gasteiger partial charge on any atom is -0.457 e. The van der Waals surface area contributed by atoms with Crippen molar-refractivity contribution in [2.75, 3.05) is 16.5 Å². The first kappa shape index (κ1) is 42.7. The summed E-state index contributed by atoms with van der Waals surface area (Å²) in [5.74, 6) is 2.43. The minimum absolute atomic E-state index is 0.00757. The number of hydrogen-bond donors (Lipinski definition) is 0. The van der Waals surface area contributed by atoms with Crippen LogP contribution in [0.15, 0.2) is 170 Å². The van der Waals surface area contributed by atoms with Crippen LogP contribution in [0.5, 0.6) is 11.5 Å². The lowest BCUT2D eigenvalue weighted by Gasteiger charge is -2.34. The molecule has 9 rings (SSSR count). The average molecular weight is 843 g/mol. The van der Waals surface area contributed by atoms with E-state index in [-0.39, 0.29) is 21.7 Å². The molecule has 6 aromatic carbocycles. The van der Waals surface area contributed by atoms with Crippen molar-refractivity contribution in [3.8, 4) is 28.4 Å². The van der Waals surface area contributed by atoms with Crippen LogP contribution in [0.3, 0.4) is 0 Å². The van der Waals surface area contributed by atoms with Gasteiger partial charge in [0.15, 0.2) is 0 Å². The van der Waals surface area contributed by atoms with Gasteiger partial charge in [0, 0.05) is 57.8 Å². The van der Waals surface area contributed by atoms with E-state index in [1.807, 2.05) is 6.20 Å². The highest BCUT2D eigenvalue weighted by Crippen LogP contribution is 2.44. The van der Waals surface area contributed by atoms with Gasteiger partial charge in [-0.3, -0.25) is 4.57 Å². The highest BCUT2D eigenvalue weighted by atomic mass is 16.5. The summed E-state index contributed by atoms with van der Waals surface area (Å²) in [7, 11) is 0. The maximum atomic E-state index is 7.03. The van der Waals surface area contributed by atoms with E-state index in [4.69, 9.17) is 9.72 Å². The predicted octanol–water partition coefficient (Wildman–Crippen LogP) is 15.6. The fraction of sp³-hybridized carbons (Fsp3) is 0.271. The Morgan fingerprint density at radius 3 is 1.83 bits per heavy atom. The monoisotopic (exact) mass is 842 g/mol. The number of hydrogen-bond acceptors (Lipinski definition) is 4. The van der Waals surface area contributed by atoms with Crippen LogP contribution < -0.4 is 14.5 Å². The lowest BCUT2D eigenvalue weighted by molar-refractivity contribution is 0.483. The number of rotatable bonds is 8. The van der Waals surface area contributed by atoms with Crippen molar-refractivity contribution in [1.29, 1.82) is 0 Å². The van der Waals surface area contributed by atoms with Crippen molar-refractivity contribution in [2.24, 2.45) is 0 Å². The summed E-state index contributed by atoms with van der Waals surface area (Å²) >= 11 is 0. The molecule has 0 amide bonds. The molecule has 8 aromatic rings. The summed E-state index contributed by atoms with van der Waals surface area (Å²) in [5.41, 5.74) is 12.7. The first-order chi connectivity index (χ1) is 30.3. The van der Waals surface area contributed by atoms with Gasteiger partial charge in [-0.1, -0.05) is 155 Å². The zero-order valence-corrected chi connectivity index (χ0v) is 39.5. The van der Waals surface area contributed by atoms with Gasteiger partial charge in [0.2, 0.25) is 0 Å². The van der Waals surface area contributed by atoms with Crippen molar-refractivity contribution in [3.63, 3.8) is 0 Å². The third-order valence-electron chi connectivity index (χ3n) is 13.0. The van der Waals surface area contributed by atoms with E-state index in [0.29, 0.717) is 6.67 Å². The smallest absolute Gasteiger partial charge is 0.137 e. The van der Waals surface area contributed by atoms with Gasteiger partial charge in [-0.2, -0.15) is 0 Å². The molecule has 0 atom stereocenters. The largest absolute Gasteiger partial charge is 0.457 e. The van der Waals surface area contributed by atoms with E-state index in [9.17, 15) is 0 Å². The van der Waals surface area contributed by atoms with Gasteiger partial charge >= 0.3 is 0 Å². The Hall–Kier alpha value is -6.59. The predicted molar refractivity (Wildman–Crippen MR) is 270 cm³/mol. The third kappa shape index (κ3) is 8.20. The Kier molecular flexibility index (Phi) is 10.6. The zero-order chi connectivity index (χ0) is 45.2. The van der Waals surface area contributed by atoms with E-state index >= 15 is 0 Å². The number of ether oxygens (including phenoxy) is 1. The fourth-order valence-electron chi connectivity index (χ4n) is 9.03. The quantitative estimate of drug-likeness (QED) is 0.153. The standard InChI is InChI=1S/C59H62N4O/c1-56(2,3)43-23-18-24-46(33-43)62-39-61(38-54(62)59(10,11)42-21-16-13-17-22-42)47-31-41(40-19-14-12-15-20-40)32-49(36-47)64-48-26-27-50-51-34-44(57(4,5)6)25-28-52(51)63(53(50)37-48)55-35-45(29-30-60-55)58(7,8)9/h12-38H,39H2,1-11H3. The molecule has 64 heavy (non-hydrogen) atoms. The number of benzene rings is 6. The van der Waals surface area contributed by atoms with Crippen LogP contribution in [0, 0.1) is 0 Å². The number of allylic oxidation sites excluding steroid dienone is 1. The minimum atomic E-state index is -0.285. The van der Waals surface area contributed by atoms with Crippen LogP contribution in [0.4, 0.5) is 11.4 Å². The second kappa shape index (κ2) is 15.9. The van der Waals surface area contributed by atoms with E-state index in [1.165, 1.54) is 44.4 Å². The molecule has 0 aliphatic carbocycles. The highest BCUT2D eigenvalue weighted by molar-refractivity contribution is 6.09. The molecule has 1 aliphatic heterocycles. The highest BCUT2D eigenvalue weighted by Gasteiger charge is 2.36. The van der Waals surface area contributed by atoms with Crippen LogP contribution in [-0.2, 0) is 21.7 Å². The maximum absolute atomic E-state index is 7.03. The molecule has 0 fully saturated rings. The van der Waals surface area contributed by atoms with Crippen molar-refractivity contribution in [3.05, 3.63) is 192 Å². The Balaban J connectivity index is 1.18. The SMILES string of the molecule is CC(C)(C)c1cccc(N2CN(c3cc(Oc4ccc5c6cc(C(C)(C)C)ccc6n(-c6cc(C(C)(C)C)ccn6)c5c4)cc(-c4ccccc4)c3)C=C2C(C)(C)c2ccccc2)c1. The van der Waals surface area contributed by atoms with Crippen molar-refractivity contribution in [2.45, 2.75) is 97.8 Å². The first-order valence-electron chi connectivity index (χ1n) is 22.7. The van der Waals surface area contributed by atoms with Gasteiger partial charge in [-0.05, 0) is 110 Å². The average Bonchev–Trinajstić information content (AvgIpc) is 3.87. The molecule has 0 saturated heterocycles. The second-order valence-electron chi connectivity index (χ2n) is 21.2. The summed E-state index contributed by atoms with van der Waals surface area (Å²) in [5, 5.41) is 2.37. The van der Waals surface area contributed by atoms with Gasteiger partial charge < -0.3 is 14.5 Å². The van der Waals surface area contributed by atoms with Crippen LogP contribution in [0.2, 0.25) is 0 Å². The van der Waals surface area contributed by atoms with Crippen molar-refractivity contribution >= 4 is 33.2 Å². The van der Waals surface area contributed by atoms with Crippen LogP contribution in [-0.4, -0.2) is 16.2 Å². The van der Waals surface area contributed by atoms with Crippen molar-refractivity contribution < 1.29 is 4.74 Å². The van der Waals surface area contributed by atoms with Crippen LogP contribution >= 0.6 is 0 Å². The van der Waals surface area contributed by atoms with Gasteiger partial charge in [0.25, 0.3) is 0 Å². The zero-order valence-electron chi connectivity index (χ0n) is 39.5. The van der Waals surface area contributed by atoms with E-state index in [0.717, 1.165) is 45.2 Å². The van der Waals surface area contributed by atoms with E-state index in [2.05, 4.69) is 248 Å². The van der Waals surface area contributed by atoms with Gasteiger partial charge in [-0.25, -0.2) is 4.98 Å². The number of anilines is 2. The molecule has 2 aromatic heterocycles. The number of pyridine rings is 1. The summed E-state index contributed by atoms with van der Waals surface area (Å²) in [6, 6.07) is 55.0. The Bertz CT molecular complexity index is 3030. The molecule has 0 radical (unpaired) electrons. The molecule has 0 unspecified atom stereocenters. The van der Waals surface area contributed by atoms with Crippen LogP contribution in [0.1, 0.15) is 98.4 Å². The number of nitrogens with zero attached hydrogens (tertiary/aromatic N) is 4. The maximum Gasteiger partial charge on any atom is 0.137 e. The number of fused-ring (bicyclic) bond motifs is 3. The molecular weight excluding hydrogens is 781 g/mol.